The van der Waals surface area contributed by atoms with Crippen molar-refractivity contribution < 1.29 is 9.53 Å². The smallest absolute Gasteiger partial charge is 0.129 e. The molecule has 0 N–H and O–H groups in total. The summed E-state index contributed by atoms with van der Waals surface area (Å²) in [5.41, 5.74) is -0.0631. The van der Waals surface area contributed by atoms with Gasteiger partial charge in [-0.05, 0) is 25.7 Å². The zero-order chi connectivity index (χ0) is 9.41. The van der Waals surface area contributed by atoms with Crippen molar-refractivity contribution in [2.75, 3.05) is 6.61 Å². The molecule has 0 aromatic carbocycles. The second-order valence-electron chi connectivity index (χ2n) is 4.32. The first kappa shape index (κ1) is 9.72. The molecular formula is C10H18O2. The van der Waals surface area contributed by atoms with Crippen LogP contribution in [-0.2, 0) is 9.53 Å². The third-order valence-electron chi connectivity index (χ3n) is 3.22. The third-order valence-corrected chi connectivity index (χ3v) is 3.22. The molecule has 0 bridgehead atoms. The fraction of sp³-hybridized carbons (Fsp3) is 0.900. The van der Waals surface area contributed by atoms with E-state index < -0.39 is 0 Å². The molecule has 2 nitrogen and oxygen atoms in total. The first-order valence-corrected chi connectivity index (χ1v) is 4.58. The number of rotatable bonds is 4. The average Bonchev–Trinajstić information content (AvgIpc) is 2.55. The van der Waals surface area contributed by atoms with Crippen LogP contribution in [0.1, 0.15) is 34.1 Å². The molecule has 0 aromatic rings. The Kier molecular flexibility index (Phi) is 2.30. The minimum Gasteiger partial charge on any atom is -0.378 e. The van der Waals surface area contributed by atoms with Crippen LogP contribution >= 0.6 is 0 Å². The van der Waals surface area contributed by atoms with Crippen molar-refractivity contribution in [3.63, 3.8) is 0 Å². The molecule has 1 rings (SSSR count). The molecule has 0 amide bonds. The fourth-order valence-corrected chi connectivity index (χ4v) is 2.08. The highest BCUT2D eigenvalue weighted by Gasteiger charge is 2.64. The zero-order valence-electron chi connectivity index (χ0n) is 8.39. The Bertz CT molecular complexity index is 186. The van der Waals surface area contributed by atoms with Gasteiger partial charge in [-0.1, -0.05) is 13.8 Å². The molecule has 70 valence electrons. The van der Waals surface area contributed by atoms with Gasteiger partial charge in [0.2, 0.25) is 0 Å². The highest BCUT2D eigenvalue weighted by atomic mass is 16.5. The van der Waals surface area contributed by atoms with E-state index >= 15 is 0 Å². The number of hydrogen-bond donors (Lipinski definition) is 0. The summed E-state index contributed by atoms with van der Waals surface area (Å²) < 4.78 is 5.46. The van der Waals surface area contributed by atoms with Crippen molar-refractivity contribution in [2.24, 2.45) is 10.8 Å². The molecule has 2 unspecified atom stereocenters. The van der Waals surface area contributed by atoms with E-state index in [1.54, 1.807) is 0 Å². The van der Waals surface area contributed by atoms with Crippen LogP contribution in [0.15, 0.2) is 0 Å². The number of carbonyl (C=O) groups is 1. The maximum Gasteiger partial charge on any atom is 0.129 e. The first-order valence-electron chi connectivity index (χ1n) is 4.58. The first-order chi connectivity index (χ1) is 5.50. The molecule has 2 atom stereocenters. The van der Waals surface area contributed by atoms with E-state index in [1.165, 1.54) is 0 Å². The summed E-state index contributed by atoms with van der Waals surface area (Å²) in [6.07, 6.45) is 2.10. The molecule has 0 heterocycles. The van der Waals surface area contributed by atoms with Crippen LogP contribution in [0.5, 0.6) is 0 Å². The van der Waals surface area contributed by atoms with E-state index in [4.69, 9.17) is 4.74 Å². The average molecular weight is 170 g/mol. The van der Waals surface area contributed by atoms with E-state index in [2.05, 4.69) is 13.8 Å². The Morgan fingerprint density at radius 1 is 1.58 bits per heavy atom. The summed E-state index contributed by atoms with van der Waals surface area (Å²) in [5.74, 6) is 0. The van der Waals surface area contributed by atoms with Crippen LogP contribution in [0.4, 0.5) is 0 Å². The Morgan fingerprint density at radius 2 is 2.08 bits per heavy atom. The molecule has 0 spiro atoms. The summed E-state index contributed by atoms with van der Waals surface area (Å²) >= 11 is 0. The summed E-state index contributed by atoms with van der Waals surface area (Å²) in [4.78, 5) is 10.9. The molecule has 1 aliphatic rings. The van der Waals surface area contributed by atoms with Crippen molar-refractivity contribution in [3.05, 3.63) is 0 Å². The van der Waals surface area contributed by atoms with Gasteiger partial charge in [-0.15, -0.1) is 0 Å². The van der Waals surface area contributed by atoms with Gasteiger partial charge in [0.05, 0.1) is 11.5 Å². The molecular weight excluding hydrogens is 152 g/mol. The van der Waals surface area contributed by atoms with E-state index in [0.717, 1.165) is 12.7 Å². The molecule has 0 aliphatic heterocycles. The van der Waals surface area contributed by atoms with E-state index in [9.17, 15) is 4.79 Å². The lowest BCUT2D eigenvalue weighted by molar-refractivity contribution is -0.119. The van der Waals surface area contributed by atoms with Crippen LogP contribution < -0.4 is 0 Å². The lowest BCUT2D eigenvalue weighted by atomic mass is 9.92. The lowest BCUT2D eigenvalue weighted by Gasteiger charge is -2.21. The van der Waals surface area contributed by atoms with E-state index in [0.29, 0.717) is 6.61 Å². The largest absolute Gasteiger partial charge is 0.378 e. The van der Waals surface area contributed by atoms with Gasteiger partial charge in [0.1, 0.15) is 6.29 Å². The van der Waals surface area contributed by atoms with Crippen molar-refractivity contribution in [1.29, 1.82) is 0 Å². The summed E-state index contributed by atoms with van der Waals surface area (Å²) in [6, 6.07) is 0. The minimum absolute atomic E-state index is 0.0648. The fourth-order valence-electron chi connectivity index (χ4n) is 2.08. The van der Waals surface area contributed by atoms with Gasteiger partial charge >= 0.3 is 0 Å². The topological polar surface area (TPSA) is 26.3 Å². The van der Waals surface area contributed by atoms with Gasteiger partial charge in [-0.25, -0.2) is 0 Å². The van der Waals surface area contributed by atoms with Gasteiger partial charge in [0, 0.05) is 6.61 Å². The highest BCUT2D eigenvalue weighted by molar-refractivity contribution is 5.67. The highest BCUT2D eigenvalue weighted by Crippen LogP contribution is 2.64. The van der Waals surface area contributed by atoms with Crippen LogP contribution in [0.3, 0.4) is 0 Å². The second-order valence-corrected chi connectivity index (χ2v) is 4.32. The number of hydrogen-bond acceptors (Lipinski definition) is 2. The maximum atomic E-state index is 10.9. The Morgan fingerprint density at radius 3 is 2.33 bits per heavy atom. The standard InChI is InChI=1S/C10H18O2/c1-5-12-8(2)10(7-11)6-9(10,3)4/h7-8H,5-6H2,1-4H3. The predicted octanol–water partition coefficient (Wildman–Crippen LogP) is 2.03. The molecule has 0 radical (unpaired) electrons. The van der Waals surface area contributed by atoms with Crippen LogP contribution in [0, 0.1) is 10.8 Å². The SMILES string of the molecule is CCOC(C)C1(C=O)CC1(C)C. The predicted molar refractivity (Wildman–Crippen MR) is 48.0 cm³/mol. The monoisotopic (exact) mass is 170 g/mol. The third kappa shape index (κ3) is 1.18. The lowest BCUT2D eigenvalue weighted by Crippen LogP contribution is -2.28. The summed E-state index contributed by atoms with van der Waals surface area (Å²) in [5, 5.41) is 0. The van der Waals surface area contributed by atoms with Crippen molar-refractivity contribution in [2.45, 2.75) is 40.2 Å². The van der Waals surface area contributed by atoms with Crippen LogP contribution in [0.2, 0.25) is 0 Å². The van der Waals surface area contributed by atoms with Crippen molar-refractivity contribution in [3.8, 4) is 0 Å². The van der Waals surface area contributed by atoms with Crippen molar-refractivity contribution in [1.82, 2.24) is 0 Å². The number of ether oxygens (including phenoxy) is 1. The molecule has 0 saturated heterocycles. The molecule has 1 saturated carbocycles. The molecule has 1 aliphatic carbocycles. The van der Waals surface area contributed by atoms with Gasteiger partial charge in [0.25, 0.3) is 0 Å². The second kappa shape index (κ2) is 2.84. The Balaban J connectivity index is 2.65. The van der Waals surface area contributed by atoms with E-state index in [1.807, 2.05) is 13.8 Å². The van der Waals surface area contributed by atoms with Crippen molar-refractivity contribution >= 4 is 6.29 Å². The van der Waals surface area contributed by atoms with Crippen LogP contribution in [-0.4, -0.2) is 19.0 Å². The van der Waals surface area contributed by atoms with Crippen LogP contribution in [0.25, 0.3) is 0 Å². The molecule has 12 heavy (non-hydrogen) atoms. The Hall–Kier alpha value is -0.370. The molecule has 0 aromatic heterocycles. The summed E-state index contributed by atoms with van der Waals surface area (Å²) in [7, 11) is 0. The maximum absolute atomic E-state index is 10.9. The quantitative estimate of drug-likeness (QED) is 0.603. The van der Waals surface area contributed by atoms with Gasteiger partial charge in [-0.2, -0.15) is 0 Å². The number of aldehydes is 1. The molecule has 1 fully saturated rings. The minimum atomic E-state index is -0.205. The zero-order valence-corrected chi connectivity index (χ0v) is 8.39. The van der Waals surface area contributed by atoms with E-state index in [-0.39, 0.29) is 16.9 Å². The normalized spacial score (nSPS) is 34.3. The summed E-state index contributed by atoms with van der Waals surface area (Å²) in [6.45, 7) is 8.89. The molecule has 2 heteroatoms. The Labute approximate surface area is 74.3 Å². The number of carbonyl (C=O) groups excluding carboxylic acids is 1. The van der Waals surface area contributed by atoms with Gasteiger partial charge in [0.15, 0.2) is 0 Å². The van der Waals surface area contributed by atoms with Gasteiger partial charge < -0.3 is 9.53 Å². The van der Waals surface area contributed by atoms with Gasteiger partial charge in [-0.3, -0.25) is 0 Å².